The van der Waals surface area contributed by atoms with Gasteiger partial charge in [-0.1, -0.05) is 78.9 Å². The van der Waals surface area contributed by atoms with Crippen molar-refractivity contribution in [2.75, 3.05) is 10.6 Å². The van der Waals surface area contributed by atoms with Crippen LogP contribution in [0.5, 0.6) is 0 Å². The quantitative estimate of drug-likeness (QED) is 0.206. The van der Waals surface area contributed by atoms with E-state index in [1.807, 2.05) is 22.7 Å². The lowest BCUT2D eigenvalue weighted by atomic mass is 9.97. The molecule has 0 unspecified atom stereocenters. The predicted octanol–water partition coefficient (Wildman–Crippen LogP) is 12.7. The van der Waals surface area contributed by atoms with E-state index in [2.05, 4.69) is 156 Å². The third-order valence-corrected chi connectivity index (χ3v) is 10.7. The monoisotopic (exact) mass is 598 g/mol. The highest BCUT2D eigenvalue weighted by Gasteiger charge is 2.11. The first-order valence-corrected chi connectivity index (χ1v) is 16.4. The topological polar surface area (TPSA) is 24.1 Å². The molecule has 0 aliphatic heterocycles. The molecule has 2 N–H and O–H groups in total. The summed E-state index contributed by atoms with van der Waals surface area (Å²) >= 11 is 3.69. The molecule has 44 heavy (non-hydrogen) atoms. The Morgan fingerprint density at radius 3 is 1.45 bits per heavy atom. The summed E-state index contributed by atoms with van der Waals surface area (Å²) in [4.78, 5) is 0. The Labute approximate surface area is 262 Å². The molecule has 208 valence electrons. The molecule has 0 spiro atoms. The minimum atomic E-state index is 1.04. The molecule has 0 fully saturated rings. The van der Waals surface area contributed by atoms with E-state index in [1.54, 1.807) is 0 Å². The van der Waals surface area contributed by atoms with Crippen molar-refractivity contribution < 1.29 is 0 Å². The summed E-state index contributed by atoms with van der Waals surface area (Å²) in [7, 11) is 0. The van der Waals surface area contributed by atoms with Crippen LogP contribution in [0.1, 0.15) is 0 Å². The van der Waals surface area contributed by atoms with Crippen LogP contribution in [-0.2, 0) is 0 Å². The van der Waals surface area contributed by atoms with Gasteiger partial charge in [-0.2, -0.15) is 0 Å². The lowest BCUT2D eigenvalue weighted by Crippen LogP contribution is -1.96. The zero-order chi connectivity index (χ0) is 29.0. The summed E-state index contributed by atoms with van der Waals surface area (Å²) in [5.74, 6) is 0. The maximum absolute atomic E-state index is 3.75. The fraction of sp³-hybridized carbons (Fsp3) is 0. The van der Waals surface area contributed by atoms with Crippen molar-refractivity contribution in [2.45, 2.75) is 0 Å². The molecule has 4 heteroatoms. The first-order chi connectivity index (χ1) is 21.7. The Morgan fingerprint density at radius 2 is 0.841 bits per heavy atom. The second-order valence-corrected chi connectivity index (χ2v) is 13.4. The summed E-state index contributed by atoms with van der Waals surface area (Å²) in [6.45, 7) is 0. The van der Waals surface area contributed by atoms with Gasteiger partial charge in [0, 0.05) is 63.1 Å². The first kappa shape index (κ1) is 25.3. The zero-order valence-corrected chi connectivity index (χ0v) is 25.3. The molecule has 0 saturated heterocycles. The third-order valence-electron chi connectivity index (χ3n) is 8.36. The number of hydrogen-bond donors (Lipinski definition) is 2. The van der Waals surface area contributed by atoms with Gasteiger partial charge in [-0.05, 0) is 88.6 Å². The Hall–Kier alpha value is -5.16. The summed E-state index contributed by atoms with van der Waals surface area (Å²) in [5, 5.41) is 15.2. The summed E-state index contributed by atoms with van der Waals surface area (Å²) in [5.41, 5.74) is 6.62. The average Bonchev–Trinajstić information content (AvgIpc) is 3.62. The van der Waals surface area contributed by atoms with E-state index in [0.29, 0.717) is 0 Å². The SMILES string of the molecule is c1ccc2c(-c3cc(Nc4ccc5sc6ccccc6c5c4)cc(Nc4ccc5sc6ccccc6c5c4)c3)cccc2c1. The van der Waals surface area contributed by atoms with E-state index < -0.39 is 0 Å². The average molecular weight is 599 g/mol. The Morgan fingerprint density at radius 1 is 0.341 bits per heavy atom. The normalized spacial score (nSPS) is 11.6. The van der Waals surface area contributed by atoms with Crippen LogP contribution in [0.25, 0.3) is 62.2 Å². The van der Waals surface area contributed by atoms with Gasteiger partial charge >= 0.3 is 0 Å². The molecule has 7 aromatic carbocycles. The van der Waals surface area contributed by atoms with E-state index in [1.165, 1.54) is 62.2 Å². The molecule has 0 atom stereocenters. The molecular formula is C40H26N2S2. The molecule has 2 heterocycles. The fourth-order valence-corrected chi connectivity index (χ4v) is 8.52. The first-order valence-electron chi connectivity index (χ1n) is 14.8. The van der Waals surface area contributed by atoms with Gasteiger partial charge in [-0.3, -0.25) is 0 Å². The van der Waals surface area contributed by atoms with E-state index >= 15 is 0 Å². The number of thiophene rings is 2. The molecule has 0 radical (unpaired) electrons. The molecule has 0 amide bonds. The van der Waals surface area contributed by atoms with Crippen LogP contribution < -0.4 is 10.6 Å². The fourth-order valence-electron chi connectivity index (χ4n) is 6.35. The van der Waals surface area contributed by atoms with E-state index in [-0.39, 0.29) is 0 Å². The van der Waals surface area contributed by atoms with Gasteiger partial charge in [0.1, 0.15) is 0 Å². The summed E-state index contributed by atoms with van der Waals surface area (Å²) < 4.78 is 5.25. The van der Waals surface area contributed by atoms with E-state index in [9.17, 15) is 0 Å². The van der Waals surface area contributed by atoms with Crippen molar-refractivity contribution in [2.24, 2.45) is 0 Å². The van der Waals surface area contributed by atoms with Crippen LogP contribution in [0.15, 0.2) is 146 Å². The summed E-state index contributed by atoms with van der Waals surface area (Å²) in [6, 6.07) is 52.6. The van der Waals surface area contributed by atoms with Gasteiger partial charge in [0.2, 0.25) is 0 Å². The van der Waals surface area contributed by atoms with Gasteiger partial charge in [0.25, 0.3) is 0 Å². The zero-order valence-electron chi connectivity index (χ0n) is 23.7. The molecule has 0 saturated carbocycles. The van der Waals surface area contributed by atoms with Gasteiger partial charge < -0.3 is 10.6 Å². The maximum Gasteiger partial charge on any atom is 0.0411 e. The molecule has 2 aromatic heterocycles. The molecule has 0 aliphatic carbocycles. The van der Waals surface area contributed by atoms with Crippen LogP contribution in [0.4, 0.5) is 22.7 Å². The lowest BCUT2D eigenvalue weighted by Gasteiger charge is -2.15. The van der Waals surface area contributed by atoms with Crippen molar-refractivity contribution in [3.05, 3.63) is 146 Å². The second kappa shape index (κ2) is 10.2. The number of rotatable bonds is 5. The number of hydrogen-bond acceptors (Lipinski definition) is 4. The predicted molar refractivity (Wildman–Crippen MR) is 195 cm³/mol. The minimum Gasteiger partial charge on any atom is -0.355 e. The number of benzene rings is 7. The van der Waals surface area contributed by atoms with Crippen molar-refractivity contribution in [3.8, 4) is 11.1 Å². The third kappa shape index (κ3) is 4.39. The lowest BCUT2D eigenvalue weighted by molar-refractivity contribution is 1.53. The number of anilines is 4. The largest absolute Gasteiger partial charge is 0.355 e. The molecular weight excluding hydrogens is 573 g/mol. The Bertz CT molecular complexity index is 2380. The standard InChI is InChI=1S/C40H26N2S2/c1-2-10-31-25(8-1)9-7-13-32(31)26-20-29(41-27-16-18-39-35(23-27)33-11-3-5-14-37(33)43-39)22-30(21-26)42-28-17-19-40-36(24-28)34-12-4-6-15-38(34)44-40/h1-24,41-42H. The highest BCUT2D eigenvalue weighted by atomic mass is 32.1. The minimum absolute atomic E-state index is 1.04. The summed E-state index contributed by atoms with van der Waals surface area (Å²) in [6.07, 6.45) is 0. The van der Waals surface area contributed by atoms with Gasteiger partial charge in [0.05, 0.1) is 0 Å². The Kier molecular flexibility index (Phi) is 5.90. The van der Waals surface area contributed by atoms with Gasteiger partial charge in [0.15, 0.2) is 0 Å². The second-order valence-electron chi connectivity index (χ2n) is 11.2. The van der Waals surface area contributed by atoms with Crippen LogP contribution in [0, 0.1) is 0 Å². The van der Waals surface area contributed by atoms with Gasteiger partial charge in [-0.25, -0.2) is 0 Å². The maximum atomic E-state index is 3.75. The highest BCUT2D eigenvalue weighted by Crippen LogP contribution is 2.39. The Balaban J connectivity index is 1.16. The van der Waals surface area contributed by atoms with Gasteiger partial charge in [-0.15, -0.1) is 22.7 Å². The van der Waals surface area contributed by atoms with Crippen LogP contribution in [-0.4, -0.2) is 0 Å². The van der Waals surface area contributed by atoms with E-state index in [0.717, 1.165) is 22.7 Å². The number of fused-ring (bicyclic) bond motifs is 7. The smallest absolute Gasteiger partial charge is 0.0411 e. The molecule has 2 nitrogen and oxygen atoms in total. The molecule has 9 aromatic rings. The highest BCUT2D eigenvalue weighted by molar-refractivity contribution is 7.26. The molecule has 0 aliphatic rings. The van der Waals surface area contributed by atoms with Crippen LogP contribution in [0.3, 0.4) is 0 Å². The van der Waals surface area contributed by atoms with Crippen LogP contribution >= 0.6 is 22.7 Å². The van der Waals surface area contributed by atoms with E-state index in [4.69, 9.17) is 0 Å². The van der Waals surface area contributed by atoms with Crippen molar-refractivity contribution in [3.63, 3.8) is 0 Å². The molecule has 9 rings (SSSR count). The number of nitrogens with one attached hydrogen (secondary N) is 2. The molecule has 0 bridgehead atoms. The van der Waals surface area contributed by atoms with Crippen molar-refractivity contribution in [1.29, 1.82) is 0 Å². The van der Waals surface area contributed by atoms with Crippen LogP contribution in [0.2, 0.25) is 0 Å². The van der Waals surface area contributed by atoms with Crippen molar-refractivity contribution >= 4 is 96.5 Å². The van der Waals surface area contributed by atoms with Crippen molar-refractivity contribution in [1.82, 2.24) is 0 Å².